The van der Waals surface area contributed by atoms with Crippen LogP contribution < -0.4 is 0 Å². The molecule has 4 heteroatoms. The number of aromatic amines is 1. The maximum Gasteiger partial charge on any atom is 0.0562 e. The molecular weight excluding hydrogens is 609 g/mol. The molecule has 0 aliphatic carbocycles. The van der Waals surface area contributed by atoms with E-state index in [1.807, 2.05) is 0 Å². The standard InChI is InChI=1S/C46H30N4/c1-4-10-33(11-5-1)48-25-23-37-42(48)21-18-36-38-26-30(16-19-41(38)47-46(36)37)31-17-20-43-39(27-31)40-28-32-22-24-49(34-12-6-2-7-13-34)44(32)29-45(40)50(43)35-14-8-3-9-15-35/h1-29,47H. The van der Waals surface area contributed by atoms with Crippen molar-refractivity contribution in [3.63, 3.8) is 0 Å². The summed E-state index contributed by atoms with van der Waals surface area (Å²) in [7, 11) is 0. The van der Waals surface area contributed by atoms with Crippen LogP contribution in [0.15, 0.2) is 176 Å². The lowest BCUT2D eigenvalue weighted by molar-refractivity contribution is 1.12. The molecule has 4 nitrogen and oxygen atoms in total. The first kappa shape index (κ1) is 27.2. The Morgan fingerprint density at radius 2 is 0.960 bits per heavy atom. The Hall–Kier alpha value is -6.78. The van der Waals surface area contributed by atoms with Crippen LogP contribution in [0, 0.1) is 0 Å². The highest BCUT2D eigenvalue weighted by Crippen LogP contribution is 2.39. The van der Waals surface area contributed by atoms with Gasteiger partial charge in [0.2, 0.25) is 0 Å². The van der Waals surface area contributed by atoms with Crippen LogP contribution in [-0.2, 0) is 0 Å². The minimum Gasteiger partial charge on any atom is -0.354 e. The van der Waals surface area contributed by atoms with Crippen molar-refractivity contribution in [2.45, 2.75) is 0 Å². The summed E-state index contributed by atoms with van der Waals surface area (Å²) in [6.07, 6.45) is 4.35. The first-order valence-electron chi connectivity index (χ1n) is 17.1. The Morgan fingerprint density at radius 1 is 0.360 bits per heavy atom. The van der Waals surface area contributed by atoms with E-state index in [-0.39, 0.29) is 0 Å². The lowest BCUT2D eigenvalue weighted by atomic mass is 10.00. The molecule has 0 amide bonds. The van der Waals surface area contributed by atoms with Crippen LogP contribution in [0.25, 0.3) is 93.6 Å². The summed E-state index contributed by atoms with van der Waals surface area (Å²) in [5, 5.41) is 7.44. The Kier molecular flexibility index (Phi) is 5.63. The SMILES string of the molecule is c1ccc(-n2ccc3cc4c5cc(-c6ccc7[nH]c8c(ccc9c8ccn9-c8ccccc8)c7c6)ccc5n(-c5ccccc5)c4cc32)cc1. The molecule has 4 aromatic heterocycles. The fraction of sp³-hybridized carbons (Fsp3) is 0. The van der Waals surface area contributed by atoms with Gasteiger partial charge in [-0.05, 0) is 102 Å². The van der Waals surface area contributed by atoms with Crippen LogP contribution in [0.1, 0.15) is 0 Å². The second-order valence-corrected chi connectivity index (χ2v) is 13.2. The minimum atomic E-state index is 1.15. The normalized spacial score (nSPS) is 12.0. The molecule has 0 bridgehead atoms. The van der Waals surface area contributed by atoms with Gasteiger partial charge in [0.05, 0.1) is 27.6 Å². The van der Waals surface area contributed by atoms with Crippen LogP contribution in [0.4, 0.5) is 0 Å². The van der Waals surface area contributed by atoms with Gasteiger partial charge in [-0.1, -0.05) is 72.8 Å². The molecule has 4 heterocycles. The highest BCUT2D eigenvalue weighted by molar-refractivity contribution is 6.18. The third-order valence-electron chi connectivity index (χ3n) is 10.4. The molecular formula is C46H30N4. The average Bonchev–Trinajstić information content (AvgIpc) is 3.96. The van der Waals surface area contributed by atoms with E-state index < -0.39 is 0 Å². The molecule has 0 saturated carbocycles. The van der Waals surface area contributed by atoms with Gasteiger partial charge in [-0.15, -0.1) is 0 Å². The predicted molar refractivity (Wildman–Crippen MR) is 209 cm³/mol. The lowest BCUT2D eigenvalue weighted by Crippen LogP contribution is -1.94. The first-order chi connectivity index (χ1) is 24.8. The summed E-state index contributed by atoms with van der Waals surface area (Å²) in [5.74, 6) is 0. The molecule has 0 aliphatic heterocycles. The van der Waals surface area contributed by atoms with Gasteiger partial charge in [0, 0.05) is 67.3 Å². The van der Waals surface area contributed by atoms with Crippen molar-refractivity contribution in [2.75, 3.05) is 0 Å². The fourth-order valence-electron chi connectivity index (χ4n) is 8.08. The molecule has 0 radical (unpaired) electrons. The van der Waals surface area contributed by atoms with Crippen LogP contribution in [0.2, 0.25) is 0 Å². The van der Waals surface area contributed by atoms with E-state index in [4.69, 9.17) is 0 Å². The molecule has 50 heavy (non-hydrogen) atoms. The second-order valence-electron chi connectivity index (χ2n) is 13.2. The van der Waals surface area contributed by atoms with E-state index in [1.54, 1.807) is 0 Å². The van der Waals surface area contributed by atoms with Crippen LogP contribution in [0.3, 0.4) is 0 Å². The van der Waals surface area contributed by atoms with E-state index >= 15 is 0 Å². The molecule has 11 aromatic rings. The third kappa shape index (κ3) is 3.93. The number of fused-ring (bicyclic) bond motifs is 9. The largest absolute Gasteiger partial charge is 0.354 e. The van der Waals surface area contributed by atoms with Gasteiger partial charge in [-0.2, -0.15) is 0 Å². The summed E-state index contributed by atoms with van der Waals surface area (Å²) in [6, 6.07) is 59.3. The van der Waals surface area contributed by atoms with E-state index in [9.17, 15) is 0 Å². The zero-order chi connectivity index (χ0) is 32.8. The second kappa shape index (κ2) is 10.4. The van der Waals surface area contributed by atoms with Crippen molar-refractivity contribution in [3.8, 4) is 28.2 Å². The number of benzene rings is 7. The topological polar surface area (TPSA) is 30.6 Å². The molecule has 0 spiro atoms. The molecule has 0 saturated heterocycles. The van der Waals surface area contributed by atoms with Gasteiger partial charge in [-0.25, -0.2) is 0 Å². The van der Waals surface area contributed by atoms with Gasteiger partial charge in [0.15, 0.2) is 0 Å². The van der Waals surface area contributed by atoms with E-state index in [0.717, 1.165) is 16.9 Å². The highest BCUT2D eigenvalue weighted by Gasteiger charge is 2.17. The maximum absolute atomic E-state index is 3.75. The first-order valence-corrected chi connectivity index (χ1v) is 17.1. The van der Waals surface area contributed by atoms with Gasteiger partial charge in [0.1, 0.15) is 0 Å². The number of aromatic nitrogens is 4. The maximum atomic E-state index is 3.75. The average molecular weight is 639 g/mol. The molecule has 11 rings (SSSR count). The number of rotatable bonds is 4. The molecule has 234 valence electrons. The summed E-state index contributed by atoms with van der Waals surface area (Å²) >= 11 is 0. The molecule has 0 unspecified atom stereocenters. The van der Waals surface area contributed by atoms with Crippen LogP contribution in [0.5, 0.6) is 0 Å². The van der Waals surface area contributed by atoms with Crippen molar-refractivity contribution in [1.29, 1.82) is 0 Å². The number of nitrogens with zero attached hydrogens (tertiary/aromatic N) is 3. The van der Waals surface area contributed by atoms with E-state index in [2.05, 4.69) is 195 Å². The van der Waals surface area contributed by atoms with Crippen LogP contribution in [-0.4, -0.2) is 18.7 Å². The van der Waals surface area contributed by atoms with E-state index in [1.165, 1.54) is 76.7 Å². The van der Waals surface area contributed by atoms with Crippen LogP contribution >= 0.6 is 0 Å². The van der Waals surface area contributed by atoms with Gasteiger partial charge >= 0.3 is 0 Å². The lowest BCUT2D eigenvalue weighted by Gasteiger charge is -2.09. The smallest absolute Gasteiger partial charge is 0.0562 e. The number of nitrogens with one attached hydrogen (secondary N) is 1. The number of hydrogen-bond donors (Lipinski definition) is 1. The fourth-order valence-corrected chi connectivity index (χ4v) is 8.08. The van der Waals surface area contributed by atoms with Gasteiger partial charge in [-0.3, -0.25) is 0 Å². The van der Waals surface area contributed by atoms with E-state index in [0.29, 0.717) is 0 Å². The van der Waals surface area contributed by atoms with Crippen molar-refractivity contribution in [3.05, 3.63) is 176 Å². The predicted octanol–water partition coefficient (Wildman–Crippen LogP) is 12.0. The van der Waals surface area contributed by atoms with Crippen molar-refractivity contribution < 1.29 is 0 Å². The summed E-state index contributed by atoms with van der Waals surface area (Å²) in [4.78, 5) is 3.75. The Labute approximate surface area is 287 Å². The number of para-hydroxylation sites is 3. The quantitative estimate of drug-likeness (QED) is 0.199. The number of hydrogen-bond acceptors (Lipinski definition) is 0. The Morgan fingerprint density at radius 3 is 1.70 bits per heavy atom. The minimum absolute atomic E-state index is 1.15. The van der Waals surface area contributed by atoms with Gasteiger partial charge in [0.25, 0.3) is 0 Å². The zero-order valence-corrected chi connectivity index (χ0v) is 27.1. The van der Waals surface area contributed by atoms with Gasteiger partial charge < -0.3 is 18.7 Å². The molecule has 0 aliphatic rings. The van der Waals surface area contributed by atoms with Crippen molar-refractivity contribution in [1.82, 2.24) is 18.7 Å². The molecule has 0 atom stereocenters. The number of H-pyrrole nitrogens is 1. The summed E-state index contributed by atoms with van der Waals surface area (Å²) < 4.78 is 6.96. The van der Waals surface area contributed by atoms with Crippen molar-refractivity contribution >= 4 is 65.4 Å². The van der Waals surface area contributed by atoms with Crippen molar-refractivity contribution in [2.24, 2.45) is 0 Å². The molecule has 0 fully saturated rings. The summed E-state index contributed by atoms with van der Waals surface area (Å²) in [6.45, 7) is 0. The highest BCUT2D eigenvalue weighted by atomic mass is 15.0. The molecule has 1 N–H and O–H groups in total. The Balaban J connectivity index is 1.10. The Bertz CT molecular complexity index is 3070. The zero-order valence-electron chi connectivity index (χ0n) is 27.1. The summed E-state index contributed by atoms with van der Waals surface area (Å²) in [5.41, 5.74) is 13.0. The monoisotopic (exact) mass is 638 g/mol. The molecule has 7 aromatic carbocycles. The third-order valence-corrected chi connectivity index (χ3v) is 10.4.